The Kier molecular flexibility index (Phi) is 5.02. The first kappa shape index (κ1) is 16.4. The number of nitrogens with two attached hydrogens (primary N) is 1. The van der Waals surface area contributed by atoms with Crippen LogP contribution in [0.25, 0.3) is 10.9 Å². The first-order chi connectivity index (χ1) is 11.7. The van der Waals surface area contributed by atoms with Gasteiger partial charge in [0.05, 0.1) is 11.2 Å². The molecule has 126 valence electrons. The summed E-state index contributed by atoms with van der Waals surface area (Å²) in [5.74, 6) is -1.13. The molecule has 0 radical (unpaired) electrons. The number of nitrogens with one attached hydrogen (secondary N) is 1. The SMILES string of the molecule is NCCN1CCN(C(=O)C(=O)Nc2cccc3cccnc23)CC1. The minimum Gasteiger partial charge on any atom is -0.332 e. The van der Waals surface area contributed by atoms with Gasteiger partial charge in [0.15, 0.2) is 0 Å². The highest BCUT2D eigenvalue weighted by Crippen LogP contribution is 2.20. The number of nitrogens with zero attached hydrogens (tertiary/aromatic N) is 3. The maximum absolute atomic E-state index is 12.4. The first-order valence-corrected chi connectivity index (χ1v) is 8.05. The molecular formula is C17H21N5O2. The zero-order chi connectivity index (χ0) is 16.9. The third-order valence-corrected chi connectivity index (χ3v) is 4.18. The number of fused-ring (bicyclic) bond motifs is 1. The van der Waals surface area contributed by atoms with Crippen molar-refractivity contribution in [2.24, 2.45) is 5.73 Å². The molecule has 24 heavy (non-hydrogen) atoms. The Morgan fingerprint density at radius 2 is 1.88 bits per heavy atom. The van der Waals surface area contributed by atoms with Crippen LogP contribution in [-0.2, 0) is 9.59 Å². The number of rotatable bonds is 3. The van der Waals surface area contributed by atoms with Gasteiger partial charge in [-0.25, -0.2) is 0 Å². The van der Waals surface area contributed by atoms with E-state index in [2.05, 4.69) is 15.2 Å². The van der Waals surface area contributed by atoms with Crippen molar-refractivity contribution in [2.75, 3.05) is 44.6 Å². The molecule has 1 fully saturated rings. The van der Waals surface area contributed by atoms with Gasteiger partial charge in [-0.05, 0) is 12.1 Å². The molecule has 1 aromatic heterocycles. The Morgan fingerprint density at radius 1 is 1.12 bits per heavy atom. The predicted molar refractivity (Wildman–Crippen MR) is 92.4 cm³/mol. The third-order valence-electron chi connectivity index (χ3n) is 4.18. The number of piperazine rings is 1. The van der Waals surface area contributed by atoms with Crippen molar-refractivity contribution in [1.82, 2.24) is 14.8 Å². The van der Waals surface area contributed by atoms with Gasteiger partial charge >= 0.3 is 11.8 Å². The largest absolute Gasteiger partial charge is 0.332 e. The van der Waals surface area contributed by atoms with Crippen LogP contribution in [0.2, 0.25) is 0 Å². The van der Waals surface area contributed by atoms with Gasteiger partial charge in [0.2, 0.25) is 0 Å². The summed E-state index contributed by atoms with van der Waals surface area (Å²) in [5, 5.41) is 3.61. The van der Waals surface area contributed by atoms with Gasteiger partial charge in [0, 0.05) is 50.9 Å². The minimum absolute atomic E-state index is 0.504. The number of carbonyl (C=O) groups is 2. The number of aromatic nitrogens is 1. The van der Waals surface area contributed by atoms with E-state index in [4.69, 9.17) is 5.73 Å². The highest BCUT2D eigenvalue weighted by Gasteiger charge is 2.26. The van der Waals surface area contributed by atoms with E-state index in [0.717, 1.165) is 25.0 Å². The number of benzene rings is 1. The van der Waals surface area contributed by atoms with Gasteiger partial charge in [-0.15, -0.1) is 0 Å². The normalized spacial score (nSPS) is 15.5. The average Bonchev–Trinajstić information content (AvgIpc) is 2.62. The number of pyridine rings is 1. The van der Waals surface area contributed by atoms with Gasteiger partial charge in [-0.1, -0.05) is 18.2 Å². The van der Waals surface area contributed by atoms with Crippen molar-refractivity contribution in [3.8, 4) is 0 Å². The van der Waals surface area contributed by atoms with Gasteiger partial charge in [-0.2, -0.15) is 0 Å². The van der Waals surface area contributed by atoms with E-state index in [-0.39, 0.29) is 0 Å². The van der Waals surface area contributed by atoms with E-state index < -0.39 is 11.8 Å². The van der Waals surface area contributed by atoms with Gasteiger partial charge in [-0.3, -0.25) is 19.5 Å². The van der Waals surface area contributed by atoms with Crippen molar-refractivity contribution in [3.63, 3.8) is 0 Å². The monoisotopic (exact) mass is 327 g/mol. The number of hydrogen-bond acceptors (Lipinski definition) is 5. The summed E-state index contributed by atoms with van der Waals surface area (Å²) in [5.41, 5.74) is 6.77. The number of anilines is 1. The van der Waals surface area contributed by atoms with Crippen LogP contribution in [0, 0.1) is 0 Å². The molecule has 1 aliphatic heterocycles. The summed E-state index contributed by atoms with van der Waals surface area (Å²) in [6.07, 6.45) is 1.66. The molecule has 0 aliphatic carbocycles. The van der Waals surface area contributed by atoms with Crippen molar-refractivity contribution in [3.05, 3.63) is 36.5 Å². The number of para-hydroxylation sites is 1. The fraction of sp³-hybridized carbons (Fsp3) is 0.353. The Bertz CT molecular complexity index is 735. The van der Waals surface area contributed by atoms with Crippen LogP contribution in [0.4, 0.5) is 5.69 Å². The molecule has 0 saturated carbocycles. The summed E-state index contributed by atoms with van der Waals surface area (Å²) in [6, 6.07) is 9.24. The summed E-state index contributed by atoms with van der Waals surface area (Å²) >= 11 is 0. The third kappa shape index (κ3) is 3.52. The fourth-order valence-corrected chi connectivity index (χ4v) is 2.88. The van der Waals surface area contributed by atoms with Crippen LogP contribution >= 0.6 is 0 Å². The van der Waals surface area contributed by atoms with Crippen LogP contribution in [0.15, 0.2) is 36.5 Å². The molecule has 1 saturated heterocycles. The molecule has 3 rings (SSSR count). The number of amides is 2. The maximum Gasteiger partial charge on any atom is 0.313 e. The smallest absolute Gasteiger partial charge is 0.313 e. The minimum atomic E-state index is -0.625. The molecule has 0 spiro atoms. The Hall–Kier alpha value is -2.51. The molecular weight excluding hydrogens is 306 g/mol. The van der Waals surface area contributed by atoms with E-state index in [1.165, 1.54) is 0 Å². The quantitative estimate of drug-likeness (QED) is 0.790. The number of carbonyl (C=O) groups excluding carboxylic acids is 2. The molecule has 3 N–H and O–H groups in total. The second-order valence-corrected chi connectivity index (χ2v) is 5.76. The second kappa shape index (κ2) is 7.37. The highest BCUT2D eigenvalue weighted by atomic mass is 16.2. The lowest BCUT2D eigenvalue weighted by Gasteiger charge is -2.34. The number of hydrogen-bond donors (Lipinski definition) is 2. The zero-order valence-electron chi connectivity index (χ0n) is 13.4. The average molecular weight is 327 g/mol. The van der Waals surface area contributed by atoms with E-state index in [0.29, 0.717) is 30.8 Å². The van der Waals surface area contributed by atoms with Crippen LogP contribution < -0.4 is 11.1 Å². The Balaban J connectivity index is 1.65. The molecule has 2 amide bonds. The predicted octanol–water partition coefficient (Wildman–Crippen LogP) is 0.276. The highest BCUT2D eigenvalue weighted by molar-refractivity contribution is 6.40. The van der Waals surface area contributed by atoms with Gasteiger partial charge < -0.3 is 16.0 Å². The molecule has 0 atom stereocenters. The van der Waals surface area contributed by atoms with Crippen molar-refractivity contribution < 1.29 is 9.59 Å². The summed E-state index contributed by atoms with van der Waals surface area (Å²) < 4.78 is 0. The van der Waals surface area contributed by atoms with E-state index in [9.17, 15) is 9.59 Å². The topological polar surface area (TPSA) is 91.6 Å². The summed E-state index contributed by atoms with van der Waals surface area (Å²) in [4.78, 5) is 32.7. The zero-order valence-corrected chi connectivity index (χ0v) is 13.4. The summed E-state index contributed by atoms with van der Waals surface area (Å²) in [7, 11) is 0. The fourth-order valence-electron chi connectivity index (χ4n) is 2.88. The van der Waals surface area contributed by atoms with Crippen LogP contribution in [-0.4, -0.2) is 65.9 Å². The van der Waals surface area contributed by atoms with E-state index in [1.807, 2.05) is 24.3 Å². The second-order valence-electron chi connectivity index (χ2n) is 5.76. The van der Waals surface area contributed by atoms with Crippen LogP contribution in [0.1, 0.15) is 0 Å². The summed E-state index contributed by atoms with van der Waals surface area (Å²) in [6.45, 7) is 3.98. The van der Waals surface area contributed by atoms with Crippen molar-refractivity contribution in [2.45, 2.75) is 0 Å². The molecule has 1 aliphatic rings. The van der Waals surface area contributed by atoms with Crippen molar-refractivity contribution >= 4 is 28.4 Å². The molecule has 7 heteroatoms. The Labute approximate surface area is 140 Å². The molecule has 0 unspecified atom stereocenters. The van der Waals surface area contributed by atoms with E-state index in [1.54, 1.807) is 17.2 Å². The lowest BCUT2D eigenvalue weighted by Crippen LogP contribution is -2.52. The first-order valence-electron chi connectivity index (χ1n) is 8.05. The maximum atomic E-state index is 12.4. The lowest BCUT2D eigenvalue weighted by atomic mass is 10.2. The van der Waals surface area contributed by atoms with Crippen molar-refractivity contribution in [1.29, 1.82) is 0 Å². The molecule has 2 heterocycles. The molecule has 7 nitrogen and oxygen atoms in total. The van der Waals surface area contributed by atoms with Crippen LogP contribution in [0.5, 0.6) is 0 Å². The van der Waals surface area contributed by atoms with Gasteiger partial charge in [0.1, 0.15) is 0 Å². The molecule has 0 bridgehead atoms. The van der Waals surface area contributed by atoms with Crippen LogP contribution in [0.3, 0.4) is 0 Å². The van der Waals surface area contributed by atoms with Gasteiger partial charge in [0.25, 0.3) is 0 Å². The molecule has 2 aromatic rings. The standard InChI is InChI=1S/C17H21N5O2/c18-6-8-21-9-11-22(12-10-21)17(24)16(23)20-14-5-1-3-13-4-2-7-19-15(13)14/h1-5,7H,6,8-12,18H2,(H,20,23). The van der Waals surface area contributed by atoms with E-state index >= 15 is 0 Å². The molecule has 1 aromatic carbocycles. The Morgan fingerprint density at radius 3 is 2.62 bits per heavy atom. The lowest BCUT2D eigenvalue weighted by molar-refractivity contribution is -0.144.